The Morgan fingerprint density at radius 3 is 2.68 bits per heavy atom. The fourth-order valence-corrected chi connectivity index (χ4v) is 2.61. The second kappa shape index (κ2) is 4.86. The molecule has 0 N–H and O–H groups in total. The second-order valence-electron chi connectivity index (χ2n) is 4.89. The summed E-state index contributed by atoms with van der Waals surface area (Å²) in [5.41, 5.74) is 0.923. The Kier molecular flexibility index (Phi) is 3.56. The Hall–Kier alpha value is -1.53. The van der Waals surface area contributed by atoms with Gasteiger partial charge in [0.05, 0.1) is 17.2 Å². The zero-order valence-corrected chi connectivity index (χ0v) is 10.9. The summed E-state index contributed by atoms with van der Waals surface area (Å²) in [4.78, 5) is 12.7. The van der Waals surface area contributed by atoms with Gasteiger partial charge >= 0.3 is 6.18 Å². The van der Waals surface area contributed by atoms with Gasteiger partial charge in [0, 0.05) is 20.1 Å². The van der Waals surface area contributed by atoms with Gasteiger partial charge in [-0.3, -0.25) is 9.48 Å². The topological polar surface area (TPSA) is 38.1 Å². The fourth-order valence-electron chi connectivity index (χ4n) is 2.61. The van der Waals surface area contributed by atoms with E-state index in [-0.39, 0.29) is 13.0 Å². The minimum atomic E-state index is -4.19. The van der Waals surface area contributed by atoms with Crippen LogP contribution in [0, 0.1) is 12.8 Å². The van der Waals surface area contributed by atoms with Crippen molar-refractivity contribution in [3.05, 3.63) is 11.3 Å². The molecule has 1 saturated heterocycles. The highest BCUT2D eigenvalue weighted by Crippen LogP contribution is 2.35. The highest BCUT2D eigenvalue weighted by Gasteiger charge is 2.42. The van der Waals surface area contributed by atoms with Crippen molar-refractivity contribution in [1.82, 2.24) is 9.78 Å². The van der Waals surface area contributed by atoms with Gasteiger partial charge in [-0.05, 0) is 19.8 Å². The van der Waals surface area contributed by atoms with Crippen LogP contribution in [0.4, 0.5) is 19.0 Å². The zero-order valence-electron chi connectivity index (χ0n) is 10.9. The number of carbonyl (C=O) groups excluding carboxylic acids is 1. The molecule has 1 aliphatic rings. The van der Waals surface area contributed by atoms with Gasteiger partial charge in [0.1, 0.15) is 5.82 Å². The quantitative estimate of drug-likeness (QED) is 0.777. The Balaban J connectivity index is 2.29. The number of aryl methyl sites for hydroxylation is 2. The van der Waals surface area contributed by atoms with E-state index < -0.39 is 12.1 Å². The van der Waals surface area contributed by atoms with Crippen LogP contribution in [0.2, 0.25) is 0 Å². The first-order chi connectivity index (χ1) is 8.84. The molecule has 0 radical (unpaired) electrons. The lowest BCUT2D eigenvalue weighted by atomic mass is 9.97. The molecule has 2 rings (SSSR count). The zero-order chi connectivity index (χ0) is 14.2. The Morgan fingerprint density at radius 1 is 1.42 bits per heavy atom. The van der Waals surface area contributed by atoms with Crippen molar-refractivity contribution in [3.8, 4) is 0 Å². The third-order valence-electron chi connectivity index (χ3n) is 3.54. The van der Waals surface area contributed by atoms with Gasteiger partial charge < -0.3 is 4.90 Å². The van der Waals surface area contributed by atoms with Crippen LogP contribution < -0.4 is 4.90 Å². The van der Waals surface area contributed by atoms with Crippen LogP contribution in [0.3, 0.4) is 0 Å². The average Bonchev–Trinajstić information content (AvgIpc) is 2.62. The number of carbonyl (C=O) groups is 1. The molecule has 1 unspecified atom stereocenters. The lowest BCUT2D eigenvalue weighted by Crippen LogP contribution is -2.42. The highest BCUT2D eigenvalue weighted by molar-refractivity contribution is 5.84. The molecule has 0 spiro atoms. The monoisotopic (exact) mass is 275 g/mol. The molecule has 1 aromatic rings. The molecule has 4 nitrogen and oxygen atoms in total. The van der Waals surface area contributed by atoms with E-state index in [0.717, 1.165) is 0 Å². The van der Waals surface area contributed by atoms with Crippen molar-refractivity contribution in [2.75, 3.05) is 18.0 Å². The number of anilines is 1. The number of rotatable bonds is 2. The summed E-state index contributed by atoms with van der Waals surface area (Å²) in [6.45, 7) is 2.09. The van der Waals surface area contributed by atoms with E-state index >= 15 is 0 Å². The molecule has 7 heteroatoms. The van der Waals surface area contributed by atoms with Crippen molar-refractivity contribution < 1.29 is 18.0 Å². The molecule has 1 aliphatic heterocycles. The summed E-state index contributed by atoms with van der Waals surface area (Å²) in [6.07, 6.45) is -2.91. The third-order valence-corrected chi connectivity index (χ3v) is 3.54. The van der Waals surface area contributed by atoms with E-state index in [2.05, 4.69) is 5.10 Å². The Labute approximate surface area is 109 Å². The van der Waals surface area contributed by atoms with Crippen molar-refractivity contribution in [2.45, 2.75) is 25.9 Å². The molecular weight excluding hydrogens is 259 g/mol. The first-order valence-electron chi connectivity index (χ1n) is 6.15. The largest absolute Gasteiger partial charge is 0.393 e. The summed E-state index contributed by atoms with van der Waals surface area (Å²) in [7, 11) is 1.65. The number of piperidine rings is 1. The maximum absolute atomic E-state index is 12.8. The molecular formula is C12H16F3N3O. The van der Waals surface area contributed by atoms with Crippen molar-refractivity contribution >= 4 is 12.1 Å². The molecule has 0 bridgehead atoms. The maximum atomic E-state index is 12.8. The van der Waals surface area contributed by atoms with E-state index in [0.29, 0.717) is 36.3 Å². The summed E-state index contributed by atoms with van der Waals surface area (Å²) in [6, 6.07) is 0. The number of alkyl halides is 3. The Bertz CT molecular complexity index is 481. The fraction of sp³-hybridized carbons (Fsp3) is 0.667. The molecule has 0 aromatic carbocycles. The van der Waals surface area contributed by atoms with Gasteiger partial charge in [0.2, 0.25) is 0 Å². The number of nitrogens with zero attached hydrogens (tertiary/aromatic N) is 3. The molecule has 106 valence electrons. The Morgan fingerprint density at radius 2 is 2.11 bits per heavy atom. The molecule has 1 aromatic heterocycles. The van der Waals surface area contributed by atoms with Gasteiger partial charge in [0.25, 0.3) is 0 Å². The lowest BCUT2D eigenvalue weighted by molar-refractivity contribution is -0.176. The highest BCUT2D eigenvalue weighted by atomic mass is 19.4. The predicted octanol–water partition coefficient (Wildman–Crippen LogP) is 2.32. The molecule has 0 aliphatic carbocycles. The molecule has 0 amide bonds. The van der Waals surface area contributed by atoms with Crippen LogP contribution in [-0.4, -0.2) is 35.3 Å². The number of aldehydes is 1. The number of aromatic nitrogens is 2. The van der Waals surface area contributed by atoms with E-state index in [1.165, 1.54) is 4.68 Å². The first kappa shape index (κ1) is 13.9. The van der Waals surface area contributed by atoms with Crippen LogP contribution >= 0.6 is 0 Å². The summed E-state index contributed by atoms with van der Waals surface area (Å²) in [5, 5.41) is 4.11. The first-order valence-corrected chi connectivity index (χ1v) is 6.15. The van der Waals surface area contributed by atoms with Gasteiger partial charge in [-0.1, -0.05) is 0 Å². The summed E-state index contributed by atoms with van der Waals surface area (Å²) >= 11 is 0. The van der Waals surface area contributed by atoms with Crippen LogP contribution in [0.25, 0.3) is 0 Å². The van der Waals surface area contributed by atoms with Gasteiger partial charge in [0.15, 0.2) is 6.29 Å². The molecule has 1 fully saturated rings. The smallest absolute Gasteiger partial charge is 0.356 e. The number of halogens is 3. The van der Waals surface area contributed by atoms with E-state index in [1.54, 1.807) is 18.9 Å². The van der Waals surface area contributed by atoms with Gasteiger partial charge in [-0.15, -0.1) is 0 Å². The van der Waals surface area contributed by atoms with Gasteiger partial charge in [-0.25, -0.2) is 0 Å². The van der Waals surface area contributed by atoms with Crippen molar-refractivity contribution in [2.24, 2.45) is 13.0 Å². The van der Waals surface area contributed by atoms with Crippen LogP contribution in [0.1, 0.15) is 28.9 Å². The van der Waals surface area contributed by atoms with Crippen molar-refractivity contribution in [3.63, 3.8) is 0 Å². The molecule has 19 heavy (non-hydrogen) atoms. The average molecular weight is 275 g/mol. The SMILES string of the molecule is Cc1nn(C)c(N2CCCC(C(F)(F)F)C2)c1C=O. The maximum Gasteiger partial charge on any atom is 0.393 e. The summed E-state index contributed by atoms with van der Waals surface area (Å²) < 4.78 is 39.9. The normalized spacial score (nSPS) is 20.7. The van der Waals surface area contributed by atoms with Gasteiger partial charge in [-0.2, -0.15) is 18.3 Å². The standard InChI is InChI=1S/C12H16F3N3O/c1-8-10(7-19)11(17(2)16-8)18-5-3-4-9(6-18)12(13,14)15/h7,9H,3-6H2,1-2H3. The number of hydrogen-bond acceptors (Lipinski definition) is 3. The van der Waals surface area contributed by atoms with Crippen LogP contribution in [0.15, 0.2) is 0 Å². The predicted molar refractivity (Wildman–Crippen MR) is 64.3 cm³/mol. The minimum Gasteiger partial charge on any atom is -0.356 e. The van der Waals surface area contributed by atoms with Crippen LogP contribution in [-0.2, 0) is 7.05 Å². The summed E-state index contributed by atoms with van der Waals surface area (Å²) in [5.74, 6) is -0.850. The van der Waals surface area contributed by atoms with E-state index in [4.69, 9.17) is 0 Å². The second-order valence-corrected chi connectivity index (χ2v) is 4.89. The van der Waals surface area contributed by atoms with Crippen molar-refractivity contribution in [1.29, 1.82) is 0 Å². The molecule has 2 heterocycles. The third kappa shape index (κ3) is 2.59. The molecule has 1 atom stereocenters. The minimum absolute atomic E-state index is 0.108. The van der Waals surface area contributed by atoms with E-state index in [1.807, 2.05) is 0 Å². The van der Waals surface area contributed by atoms with E-state index in [9.17, 15) is 18.0 Å². The molecule has 0 saturated carbocycles. The van der Waals surface area contributed by atoms with Crippen LogP contribution in [0.5, 0.6) is 0 Å². The lowest BCUT2D eigenvalue weighted by Gasteiger charge is -2.35. The number of hydrogen-bond donors (Lipinski definition) is 0.